The molecule has 276 valence electrons. The zero-order valence-electron chi connectivity index (χ0n) is 31.5. The smallest absolute Gasteiger partial charge is 0.220 e. The van der Waals surface area contributed by atoms with Crippen molar-refractivity contribution in [2.45, 2.75) is 225 Å². The number of unbranched alkanes of at least 4 members (excludes halogenated alkanes) is 26. The van der Waals surface area contributed by atoms with Gasteiger partial charge in [-0.1, -0.05) is 198 Å². The molecule has 0 aliphatic heterocycles. The van der Waals surface area contributed by atoms with Crippen molar-refractivity contribution in [2.75, 3.05) is 6.61 Å². The van der Waals surface area contributed by atoms with E-state index in [-0.39, 0.29) is 12.5 Å². The Morgan fingerprint density at radius 1 is 0.489 bits per heavy atom. The van der Waals surface area contributed by atoms with E-state index in [1.807, 2.05) is 6.08 Å². The number of aliphatic hydroxyl groups is 2. The minimum Gasteiger partial charge on any atom is -0.394 e. The average molecular weight is 660 g/mol. The third-order valence-corrected chi connectivity index (χ3v) is 9.35. The van der Waals surface area contributed by atoms with Gasteiger partial charge in [0.1, 0.15) is 0 Å². The maximum atomic E-state index is 12.2. The van der Waals surface area contributed by atoms with E-state index in [4.69, 9.17) is 0 Å². The lowest BCUT2D eigenvalue weighted by Crippen LogP contribution is -2.45. The van der Waals surface area contributed by atoms with Crippen LogP contribution in [0.4, 0.5) is 0 Å². The van der Waals surface area contributed by atoms with Gasteiger partial charge in [-0.3, -0.25) is 4.79 Å². The summed E-state index contributed by atoms with van der Waals surface area (Å²) in [5.74, 6) is -0.0820. The molecule has 0 fully saturated rings. The largest absolute Gasteiger partial charge is 0.394 e. The van der Waals surface area contributed by atoms with Gasteiger partial charge in [0.15, 0.2) is 0 Å². The molecule has 0 spiro atoms. The molecule has 2 unspecified atom stereocenters. The summed E-state index contributed by atoms with van der Waals surface area (Å²) < 4.78 is 0. The van der Waals surface area contributed by atoms with Gasteiger partial charge in [-0.25, -0.2) is 0 Å². The highest BCUT2D eigenvalue weighted by molar-refractivity contribution is 5.76. The lowest BCUT2D eigenvalue weighted by atomic mass is 10.0. The number of hydrogen-bond acceptors (Lipinski definition) is 3. The zero-order valence-corrected chi connectivity index (χ0v) is 31.5. The maximum absolute atomic E-state index is 12.2. The Morgan fingerprint density at radius 2 is 0.830 bits per heavy atom. The standard InChI is InChI=1S/C43H81NO3/c1-3-5-7-9-11-13-14-15-16-17-18-19-20-21-22-23-24-25-26-27-28-29-31-32-34-36-38-42(46)41(40-45)44-43(47)39-37-35-33-30-12-10-8-6-4-2/h25-26,29,31,36,38,41-42,45-46H,3-24,27-28,30,32-35,37,39-40H2,1-2H3,(H,44,47)/b26-25+,31-29+,38-36+. The lowest BCUT2D eigenvalue weighted by molar-refractivity contribution is -0.123. The quantitative estimate of drug-likeness (QED) is 0.0459. The Hall–Kier alpha value is -1.39. The number of carbonyl (C=O) groups excluding carboxylic acids is 1. The predicted molar refractivity (Wildman–Crippen MR) is 207 cm³/mol. The monoisotopic (exact) mass is 660 g/mol. The van der Waals surface area contributed by atoms with Gasteiger partial charge in [-0.05, 0) is 44.9 Å². The van der Waals surface area contributed by atoms with E-state index in [0.29, 0.717) is 6.42 Å². The second-order valence-electron chi connectivity index (χ2n) is 14.0. The van der Waals surface area contributed by atoms with Crippen molar-refractivity contribution in [3.8, 4) is 0 Å². The fraction of sp³-hybridized carbons (Fsp3) is 0.837. The van der Waals surface area contributed by atoms with Crippen LogP contribution in [-0.4, -0.2) is 34.9 Å². The minimum atomic E-state index is -0.865. The van der Waals surface area contributed by atoms with Crippen LogP contribution in [0, 0.1) is 0 Å². The van der Waals surface area contributed by atoms with E-state index < -0.39 is 12.1 Å². The van der Waals surface area contributed by atoms with Gasteiger partial charge in [0.2, 0.25) is 5.91 Å². The lowest BCUT2D eigenvalue weighted by Gasteiger charge is -2.19. The van der Waals surface area contributed by atoms with E-state index in [1.165, 1.54) is 154 Å². The third-order valence-electron chi connectivity index (χ3n) is 9.35. The molecule has 0 aliphatic carbocycles. The summed E-state index contributed by atoms with van der Waals surface area (Å²) in [6, 6.07) is -0.640. The van der Waals surface area contributed by atoms with Crippen molar-refractivity contribution >= 4 is 5.91 Å². The summed E-state index contributed by atoms with van der Waals surface area (Å²) >= 11 is 0. The van der Waals surface area contributed by atoms with Crippen molar-refractivity contribution in [1.82, 2.24) is 5.32 Å². The van der Waals surface area contributed by atoms with E-state index in [1.54, 1.807) is 6.08 Å². The number of carbonyl (C=O) groups is 1. The predicted octanol–water partition coefficient (Wildman–Crippen LogP) is 12.6. The average Bonchev–Trinajstić information content (AvgIpc) is 3.07. The van der Waals surface area contributed by atoms with Gasteiger partial charge in [-0.2, -0.15) is 0 Å². The van der Waals surface area contributed by atoms with Crippen LogP contribution >= 0.6 is 0 Å². The summed E-state index contributed by atoms with van der Waals surface area (Å²) in [6.07, 6.45) is 51.2. The molecule has 0 aromatic rings. The molecule has 0 saturated carbocycles. The first-order chi connectivity index (χ1) is 23.2. The molecule has 0 rings (SSSR count). The van der Waals surface area contributed by atoms with Crippen LogP contribution in [0.25, 0.3) is 0 Å². The molecule has 0 aliphatic rings. The highest BCUT2D eigenvalue weighted by Gasteiger charge is 2.17. The van der Waals surface area contributed by atoms with Crippen LogP contribution in [0.5, 0.6) is 0 Å². The minimum absolute atomic E-state index is 0.0820. The van der Waals surface area contributed by atoms with Crippen LogP contribution in [-0.2, 0) is 4.79 Å². The molecule has 0 aromatic heterocycles. The SMILES string of the molecule is CCCCCCCCCCCCCCCCCC/C=C/CC/C=C/CC/C=C/C(O)C(CO)NC(=O)CCCCCCCCCCC. The molecule has 3 N–H and O–H groups in total. The molecule has 0 heterocycles. The number of amides is 1. The van der Waals surface area contributed by atoms with Gasteiger partial charge in [-0.15, -0.1) is 0 Å². The summed E-state index contributed by atoms with van der Waals surface area (Å²) in [4.78, 5) is 12.2. The van der Waals surface area contributed by atoms with Crippen molar-refractivity contribution < 1.29 is 15.0 Å². The second kappa shape index (κ2) is 39.1. The van der Waals surface area contributed by atoms with Gasteiger partial charge in [0.25, 0.3) is 0 Å². The van der Waals surface area contributed by atoms with Crippen LogP contribution in [0.1, 0.15) is 213 Å². The fourth-order valence-electron chi connectivity index (χ4n) is 6.15. The third kappa shape index (κ3) is 35.7. The Bertz CT molecular complexity index is 716. The van der Waals surface area contributed by atoms with Gasteiger partial charge < -0.3 is 15.5 Å². The molecule has 2 atom stereocenters. The first-order valence-electron chi connectivity index (χ1n) is 20.7. The first kappa shape index (κ1) is 45.6. The summed E-state index contributed by atoms with van der Waals surface area (Å²) in [6.45, 7) is 4.27. The first-order valence-corrected chi connectivity index (χ1v) is 20.7. The maximum Gasteiger partial charge on any atom is 0.220 e. The van der Waals surface area contributed by atoms with Gasteiger partial charge >= 0.3 is 0 Å². The summed E-state index contributed by atoms with van der Waals surface area (Å²) in [5, 5.41) is 22.8. The normalized spacial score (nSPS) is 13.4. The number of hydrogen-bond donors (Lipinski definition) is 3. The molecular weight excluding hydrogens is 578 g/mol. The molecule has 1 amide bonds. The Kier molecular flexibility index (Phi) is 37.9. The fourth-order valence-corrected chi connectivity index (χ4v) is 6.15. The van der Waals surface area contributed by atoms with Crippen molar-refractivity contribution in [3.63, 3.8) is 0 Å². The molecular formula is C43H81NO3. The highest BCUT2D eigenvalue weighted by atomic mass is 16.3. The van der Waals surface area contributed by atoms with Gasteiger partial charge in [0, 0.05) is 6.42 Å². The van der Waals surface area contributed by atoms with E-state index in [9.17, 15) is 15.0 Å². The molecule has 4 nitrogen and oxygen atoms in total. The van der Waals surface area contributed by atoms with Crippen molar-refractivity contribution in [3.05, 3.63) is 36.5 Å². The zero-order chi connectivity index (χ0) is 34.3. The topological polar surface area (TPSA) is 69.6 Å². The Labute approximate surface area is 293 Å². The molecule has 0 radical (unpaired) electrons. The highest BCUT2D eigenvalue weighted by Crippen LogP contribution is 2.15. The van der Waals surface area contributed by atoms with Crippen molar-refractivity contribution in [1.29, 1.82) is 0 Å². The van der Waals surface area contributed by atoms with E-state index in [2.05, 4.69) is 43.5 Å². The number of rotatable bonds is 37. The number of nitrogens with one attached hydrogen (secondary N) is 1. The number of allylic oxidation sites excluding steroid dienone is 5. The van der Waals surface area contributed by atoms with Crippen LogP contribution < -0.4 is 5.32 Å². The Morgan fingerprint density at radius 3 is 1.23 bits per heavy atom. The van der Waals surface area contributed by atoms with Crippen LogP contribution in [0.2, 0.25) is 0 Å². The van der Waals surface area contributed by atoms with E-state index in [0.717, 1.165) is 38.5 Å². The number of aliphatic hydroxyl groups excluding tert-OH is 2. The Balaban J connectivity index is 3.59. The molecule has 47 heavy (non-hydrogen) atoms. The molecule has 4 heteroatoms. The molecule has 0 aromatic carbocycles. The second-order valence-corrected chi connectivity index (χ2v) is 14.0. The molecule has 0 saturated heterocycles. The van der Waals surface area contributed by atoms with Gasteiger partial charge in [0.05, 0.1) is 18.8 Å². The summed E-state index contributed by atoms with van der Waals surface area (Å²) in [5.41, 5.74) is 0. The van der Waals surface area contributed by atoms with E-state index >= 15 is 0 Å². The van der Waals surface area contributed by atoms with Crippen LogP contribution in [0.3, 0.4) is 0 Å². The molecule has 0 bridgehead atoms. The van der Waals surface area contributed by atoms with Crippen molar-refractivity contribution in [2.24, 2.45) is 0 Å². The summed E-state index contributed by atoms with van der Waals surface area (Å²) in [7, 11) is 0. The van der Waals surface area contributed by atoms with Crippen LogP contribution in [0.15, 0.2) is 36.5 Å².